The van der Waals surface area contributed by atoms with Gasteiger partial charge < -0.3 is 4.74 Å². The van der Waals surface area contributed by atoms with Crippen molar-refractivity contribution in [1.29, 1.82) is 0 Å². The molecule has 1 aliphatic heterocycles. The van der Waals surface area contributed by atoms with Gasteiger partial charge in [0.25, 0.3) is 0 Å². The molecule has 1 spiro atoms. The second kappa shape index (κ2) is 14.2. The van der Waals surface area contributed by atoms with Crippen LogP contribution >= 0.6 is 0 Å². The molecule has 4 heteroatoms. The van der Waals surface area contributed by atoms with E-state index in [0.29, 0.717) is 17.5 Å². The third kappa shape index (κ3) is 5.53. The first-order valence-corrected chi connectivity index (χ1v) is 22.3. The quantitative estimate of drug-likeness (QED) is 0.166. The first-order valence-electron chi connectivity index (χ1n) is 22.3. The number of aromatic nitrogens is 3. The molecule has 0 N–H and O–H groups in total. The number of ether oxygens (including phenoxy) is 1. The average Bonchev–Trinajstić information content (AvgIpc) is 3.38. The van der Waals surface area contributed by atoms with Gasteiger partial charge in [-0.15, -0.1) is 0 Å². The van der Waals surface area contributed by atoms with E-state index in [4.69, 9.17) is 19.7 Å². The van der Waals surface area contributed by atoms with Gasteiger partial charge in [0, 0.05) is 33.2 Å². The SMILES string of the molecule is CC1(C)c2ccccc2C2(c3ccccc3Oc3ccc(-c4ccc(-c5nc(-c6ccccc6)nc(-c6ccc7c8ccccc8c8ccccc8c7c6)n5)cc4)cc32)c2ccccc21. The maximum absolute atomic E-state index is 6.79. The van der Waals surface area contributed by atoms with E-state index < -0.39 is 5.41 Å². The highest BCUT2D eigenvalue weighted by Crippen LogP contribution is 2.61. The number of hydrogen-bond donors (Lipinski definition) is 0. The summed E-state index contributed by atoms with van der Waals surface area (Å²) in [5.41, 5.74) is 11.8. The molecule has 4 nitrogen and oxygen atoms in total. The Balaban J connectivity index is 0.949. The van der Waals surface area contributed by atoms with Gasteiger partial charge in [0.2, 0.25) is 0 Å². The average molecular weight is 832 g/mol. The van der Waals surface area contributed by atoms with E-state index in [9.17, 15) is 0 Å². The van der Waals surface area contributed by atoms with Gasteiger partial charge in [-0.2, -0.15) is 0 Å². The first kappa shape index (κ1) is 37.4. The van der Waals surface area contributed by atoms with Gasteiger partial charge in [-0.25, -0.2) is 15.0 Å². The second-order valence-electron chi connectivity index (χ2n) is 17.9. The Kier molecular flexibility index (Phi) is 8.13. The van der Waals surface area contributed by atoms with Gasteiger partial charge in [-0.05, 0) is 90.0 Å². The molecule has 0 atom stereocenters. The molecule has 0 saturated heterocycles. The van der Waals surface area contributed by atoms with Crippen molar-refractivity contribution in [1.82, 2.24) is 15.0 Å². The molecule has 10 aromatic carbocycles. The highest BCUT2D eigenvalue weighted by atomic mass is 16.5. The Morgan fingerprint density at radius 2 is 0.708 bits per heavy atom. The summed E-state index contributed by atoms with van der Waals surface area (Å²) in [6.45, 7) is 4.70. The van der Waals surface area contributed by atoms with E-state index in [2.05, 4.69) is 208 Å². The lowest BCUT2D eigenvalue weighted by molar-refractivity contribution is 0.425. The maximum atomic E-state index is 6.79. The molecule has 65 heavy (non-hydrogen) atoms. The van der Waals surface area contributed by atoms with Crippen LogP contribution in [0.25, 0.3) is 77.6 Å². The van der Waals surface area contributed by atoms with Gasteiger partial charge in [0.1, 0.15) is 11.5 Å². The standard InChI is InChI=1S/C61H41N3O/c1-60(2)49-22-10-12-24-51(49)61(52-25-13-11-23-50(52)60)53-26-14-15-27-55(53)65-56-35-33-41(37-54(56)61)38-28-30-40(31-29-38)58-62-57(39-16-4-3-5-17-39)63-59(64-58)42-32-34-47-45-20-7-6-18-43(45)44-19-8-9-21-46(44)48(47)36-42/h3-37H,1-2H3. The van der Waals surface area contributed by atoms with E-state index in [-0.39, 0.29) is 5.41 Å². The summed E-state index contributed by atoms with van der Waals surface area (Å²) in [5, 5.41) is 7.31. The third-order valence-electron chi connectivity index (χ3n) is 14.0. The van der Waals surface area contributed by atoms with Crippen molar-refractivity contribution in [3.8, 4) is 56.8 Å². The smallest absolute Gasteiger partial charge is 0.164 e. The predicted octanol–water partition coefficient (Wildman–Crippen LogP) is 15.1. The Bertz CT molecular complexity index is 3640. The lowest BCUT2D eigenvalue weighted by Gasteiger charge is -2.50. The maximum Gasteiger partial charge on any atom is 0.164 e. The Labute approximate surface area is 377 Å². The van der Waals surface area contributed by atoms with Crippen LogP contribution in [0.5, 0.6) is 11.5 Å². The number of rotatable bonds is 4. The van der Waals surface area contributed by atoms with Gasteiger partial charge >= 0.3 is 0 Å². The van der Waals surface area contributed by atoms with Crippen LogP contribution in [0.1, 0.15) is 47.2 Å². The monoisotopic (exact) mass is 831 g/mol. The van der Waals surface area contributed by atoms with Crippen LogP contribution in [-0.4, -0.2) is 15.0 Å². The molecule has 2 aliphatic rings. The zero-order valence-electron chi connectivity index (χ0n) is 36.0. The number of fused-ring (bicyclic) bond motifs is 14. The fraction of sp³-hybridized carbons (Fsp3) is 0.0656. The summed E-state index contributed by atoms with van der Waals surface area (Å²) in [6.07, 6.45) is 0. The first-order chi connectivity index (χ1) is 32.0. The molecule has 306 valence electrons. The van der Waals surface area contributed by atoms with Crippen LogP contribution in [0.2, 0.25) is 0 Å². The van der Waals surface area contributed by atoms with Crippen LogP contribution in [0.4, 0.5) is 0 Å². The van der Waals surface area contributed by atoms with Gasteiger partial charge in [0.05, 0.1) is 5.41 Å². The van der Waals surface area contributed by atoms with Crippen molar-refractivity contribution in [2.75, 3.05) is 0 Å². The number of para-hydroxylation sites is 1. The molecule has 1 aromatic heterocycles. The van der Waals surface area contributed by atoms with Crippen molar-refractivity contribution in [2.24, 2.45) is 0 Å². The van der Waals surface area contributed by atoms with Crippen molar-refractivity contribution < 1.29 is 4.74 Å². The molecule has 0 amide bonds. The summed E-state index contributed by atoms with van der Waals surface area (Å²) in [5.74, 6) is 3.65. The summed E-state index contributed by atoms with van der Waals surface area (Å²) in [7, 11) is 0. The van der Waals surface area contributed by atoms with Crippen LogP contribution in [0.3, 0.4) is 0 Å². The van der Waals surface area contributed by atoms with Gasteiger partial charge in [0.15, 0.2) is 17.5 Å². The van der Waals surface area contributed by atoms with Crippen molar-refractivity contribution in [3.63, 3.8) is 0 Å². The molecule has 1 aliphatic carbocycles. The molecule has 0 fully saturated rings. The fourth-order valence-electron chi connectivity index (χ4n) is 11.0. The highest BCUT2D eigenvalue weighted by molar-refractivity contribution is 6.25. The van der Waals surface area contributed by atoms with Crippen molar-refractivity contribution in [3.05, 3.63) is 246 Å². The molecule has 0 bridgehead atoms. The van der Waals surface area contributed by atoms with E-state index in [1.54, 1.807) is 0 Å². The van der Waals surface area contributed by atoms with Crippen molar-refractivity contribution >= 4 is 32.3 Å². The molecule has 2 heterocycles. The minimum absolute atomic E-state index is 0.188. The fourth-order valence-corrected chi connectivity index (χ4v) is 11.0. The highest BCUT2D eigenvalue weighted by Gasteiger charge is 2.52. The molecule has 0 radical (unpaired) electrons. The Hall–Kier alpha value is -8.21. The number of hydrogen-bond acceptors (Lipinski definition) is 4. The van der Waals surface area contributed by atoms with E-state index in [1.165, 1.54) is 54.6 Å². The summed E-state index contributed by atoms with van der Waals surface area (Å²) in [4.78, 5) is 15.4. The van der Waals surface area contributed by atoms with E-state index in [1.807, 2.05) is 18.2 Å². The van der Waals surface area contributed by atoms with Crippen LogP contribution in [0, 0.1) is 0 Å². The minimum atomic E-state index is -0.583. The minimum Gasteiger partial charge on any atom is -0.457 e. The summed E-state index contributed by atoms with van der Waals surface area (Å²) < 4.78 is 6.79. The summed E-state index contributed by atoms with van der Waals surface area (Å²) >= 11 is 0. The van der Waals surface area contributed by atoms with Crippen LogP contribution in [-0.2, 0) is 10.8 Å². The topological polar surface area (TPSA) is 47.9 Å². The van der Waals surface area contributed by atoms with Crippen LogP contribution < -0.4 is 4.74 Å². The molecule has 13 rings (SSSR count). The second-order valence-corrected chi connectivity index (χ2v) is 17.9. The zero-order valence-corrected chi connectivity index (χ0v) is 36.0. The Morgan fingerprint density at radius 3 is 1.32 bits per heavy atom. The van der Waals surface area contributed by atoms with Gasteiger partial charge in [-0.3, -0.25) is 0 Å². The molecule has 11 aromatic rings. The predicted molar refractivity (Wildman–Crippen MR) is 265 cm³/mol. The zero-order chi connectivity index (χ0) is 43.3. The number of nitrogens with zero attached hydrogens (tertiary/aromatic N) is 3. The number of benzene rings is 10. The van der Waals surface area contributed by atoms with Crippen LogP contribution in [0.15, 0.2) is 212 Å². The third-order valence-corrected chi connectivity index (χ3v) is 14.0. The lowest BCUT2D eigenvalue weighted by atomic mass is 9.53. The van der Waals surface area contributed by atoms with E-state index in [0.717, 1.165) is 50.4 Å². The molecular formula is C61H41N3O. The molecule has 0 saturated carbocycles. The molecular weight excluding hydrogens is 791 g/mol. The van der Waals surface area contributed by atoms with E-state index >= 15 is 0 Å². The lowest BCUT2D eigenvalue weighted by Crippen LogP contribution is -2.43. The Morgan fingerprint density at radius 1 is 0.292 bits per heavy atom. The molecule has 0 unspecified atom stereocenters. The largest absolute Gasteiger partial charge is 0.457 e. The van der Waals surface area contributed by atoms with Crippen molar-refractivity contribution in [2.45, 2.75) is 24.7 Å². The normalized spacial score (nSPS) is 14.1. The van der Waals surface area contributed by atoms with Gasteiger partial charge in [-0.1, -0.05) is 202 Å². The summed E-state index contributed by atoms with van der Waals surface area (Å²) in [6, 6.07) is 76.0.